The molecule has 1 aliphatic heterocycles. The summed E-state index contributed by atoms with van der Waals surface area (Å²) in [7, 11) is 2.16. The van der Waals surface area contributed by atoms with E-state index in [1.54, 1.807) is 21.3 Å². The Morgan fingerprint density at radius 1 is 1.21 bits per heavy atom. The third-order valence-corrected chi connectivity index (χ3v) is 8.85. The number of ether oxygens (including phenoxy) is 1. The van der Waals surface area contributed by atoms with Gasteiger partial charge in [0.25, 0.3) is 0 Å². The molecule has 19 heavy (non-hydrogen) atoms. The van der Waals surface area contributed by atoms with Crippen molar-refractivity contribution in [1.82, 2.24) is 0 Å². The van der Waals surface area contributed by atoms with Crippen LogP contribution < -0.4 is 0 Å². The molecule has 1 heterocycles. The zero-order valence-corrected chi connectivity index (χ0v) is 12.8. The molecule has 4 unspecified atom stereocenters. The van der Waals surface area contributed by atoms with Crippen molar-refractivity contribution in [2.75, 3.05) is 21.3 Å². The van der Waals surface area contributed by atoms with Gasteiger partial charge < -0.3 is 18.0 Å². The van der Waals surface area contributed by atoms with Crippen molar-refractivity contribution in [3.8, 4) is 0 Å². The zero-order chi connectivity index (χ0) is 13.7. The van der Waals surface area contributed by atoms with Gasteiger partial charge in [0.1, 0.15) is 5.60 Å². The van der Waals surface area contributed by atoms with Gasteiger partial charge in [0.15, 0.2) is 0 Å². The fourth-order valence-electron chi connectivity index (χ4n) is 4.75. The molecule has 1 spiro atoms. The van der Waals surface area contributed by atoms with Gasteiger partial charge in [-0.15, -0.1) is 0 Å². The van der Waals surface area contributed by atoms with Crippen LogP contribution in [0.1, 0.15) is 32.1 Å². The fourth-order valence-corrected chi connectivity index (χ4v) is 7.93. The predicted molar refractivity (Wildman–Crippen MR) is 69.4 cm³/mol. The number of hydrogen-bond donors (Lipinski definition) is 0. The highest BCUT2D eigenvalue weighted by molar-refractivity contribution is 6.63. The zero-order valence-electron chi connectivity index (χ0n) is 11.8. The van der Waals surface area contributed by atoms with E-state index >= 15 is 0 Å². The van der Waals surface area contributed by atoms with Gasteiger partial charge in [0.05, 0.1) is 5.54 Å². The molecule has 2 saturated carbocycles. The molecule has 4 atom stereocenters. The van der Waals surface area contributed by atoms with Crippen LogP contribution in [0, 0.1) is 11.8 Å². The Morgan fingerprint density at radius 3 is 2.42 bits per heavy atom. The van der Waals surface area contributed by atoms with Crippen molar-refractivity contribution >= 4 is 14.8 Å². The number of rotatable bonds is 4. The Morgan fingerprint density at radius 2 is 1.89 bits per heavy atom. The van der Waals surface area contributed by atoms with Crippen molar-refractivity contribution in [3.05, 3.63) is 0 Å². The van der Waals surface area contributed by atoms with Crippen LogP contribution >= 0.6 is 0 Å². The summed E-state index contributed by atoms with van der Waals surface area (Å²) in [6.45, 7) is 0. The van der Waals surface area contributed by atoms with E-state index in [4.69, 9.17) is 18.0 Å². The maximum Gasteiger partial charge on any atom is 0.507 e. The fraction of sp³-hybridized carbons (Fsp3) is 0.923. The van der Waals surface area contributed by atoms with E-state index < -0.39 is 8.80 Å². The highest BCUT2D eigenvalue weighted by atomic mass is 28.4. The Bertz CT molecular complexity index is 375. The number of carbonyl (C=O) groups excluding carboxylic acids is 1. The van der Waals surface area contributed by atoms with Crippen molar-refractivity contribution in [2.45, 2.75) is 43.2 Å². The van der Waals surface area contributed by atoms with Crippen LogP contribution in [0.2, 0.25) is 5.54 Å². The van der Waals surface area contributed by atoms with Crippen molar-refractivity contribution in [2.24, 2.45) is 11.8 Å². The summed E-state index contributed by atoms with van der Waals surface area (Å²) in [5.41, 5.74) is -0.279. The Kier molecular flexibility index (Phi) is 3.24. The van der Waals surface area contributed by atoms with Gasteiger partial charge in [0.2, 0.25) is 0 Å². The summed E-state index contributed by atoms with van der Waals surface area (Å²) in [4.78, 5) is 11.7. The van der Waals surface area contributed by atoms with Gasteiger partial charge in [-0.1, -0.05) is 0 Å². The number of esters is 1. The molecule has 2 bridgehead atoms. The first-order valence-corrected chi connectivity index (χ1v) is 8.79. The van der Waals surface area contributed by atoms with Crippen LogP contribution in [0.3, 0.4) is 0 Å². The highest BCUT2D eigenvalue weighted by Crippen LogP contribution is 2.65. The second-order valence-corrected chi connectivity index (χ2v) is 8.95. The molecule has 1 saturated heterocycles. The van der Waals surface area contributed by atoms with Crippen molar-refractivity contribution in [3.63, 3.8) is 0 Å². The topological polar surface area (TPSA) is 54.0 Å². The molecule has 6 heteroatoms. The summed E-state index contributed by atoms with van der Waals surface area (Å²) < 4.78 is 22.9. The predicted octanol–water partition coefficient (Wildman–Crippen LogP) is 1.74. The lowest BCUT2D eigenvalue weighted by molar-refractivity contribution is -0.153. The number of fused-ring (bicyclic) bond motifs is 3. The third-order valence-electron chi connectivity index (χ3n) is 5.42. The molecule has 3 aliphatic rings. The number of hydrogen-bond acceptors (Lipinski definition) is 5. The normalized spacial score (nSPS) is 41.2. The van der Waals surface area contributed by atoms with Crippen LogP contribution in [-0.2, 0) is 22.8 Å². The average Bonchev–Trinajstić information content (AvgIpc) is 3.10. The van der Waals surface area contributed by atoms with E-state index in [1.807, 2.05) is 0 Å². The van der Waals surface area contributed by atoms with Gasteiger partial charge in [-0.25, -0.2) is 0 Å². The van der Waals surface area contributed by atoms with Gasteiger partial charge in [-0.3, -0.25) is 4.79 Å². The molecule has 0 aromatic carbocycles. The van der Waals surface area contributed by atoms with Gasteiger partial charge in [-0.2, -0.15) is 0 Å². The SMILES string of the molecule is CO[Si](OC)(OC)C1C2CCC(C2)C12CCC(=O)O2. The molecule has 2 aliphatic carbocycles. The van der Waals surface area contributed by atoms with Crippen molar-refractivity contribution in [1.29, 1.82) is 0 Å². The van der Waals surface area contributed by atoms with Crippen molar-refractivity contribution < 1.29 is 22.8 Å². The molecule has 0 aromatic rings. The van der Waals surface area contributed by atoms with Gasteiger partial charge in [-0.05, 0) is 37.5 Å². The first kappa shape index (κ1) is 13.5. The van der Waals surface area contributed by atoms with E-state index in [-0.39, 0.29) is 17.1 Å². The molecule has 3 fully saturated rings. The lowest BCUT2D eigenvalue weighted by Crippen LogP contribution is -2.58. The molecular formula is C13H22O5Si. The summed E-state index contributed by atoms with van der Waals surface area (Å²) >= 11 is 0. The standard InChI is InChI=1S/C13H22O5Si/c1-15-19(16-2,17-3)12-9-4-5-10(8-9)13(12)7-6-11(14)18-13/h9-10,12H,4-8H2,1-3H3. The summed E-state index contributed by atoms with van der Waals surface area (Å²) in [6.07, 6.45) is 4.74. The van der Waals surface area contributed by atoms with Crippen LogP contribution in [0.15, 0.2) is 0 Å². The van der Waals surface area contributed by atoms with Crippen LogP contribution in [0.25, 0.3) is 0 Å². The Hall–Kier alpha value is -0.433. The minimum Gasteiger partial charge on any atom is -0.458 e. The summed E-state index contributed by atoms with van der Waals surface area (Å²) in [6, 6.07) is 0. The van der Waals surface area contributed by atoms with Gasteiger partial charge in [0, 0.05) is 27.8 Å². The van der Waals surface area contributed by atoms with E-state index in [2.05, 4.69) is 0 Å². The lowest BCUT2D eigenvalue weighted by atomic mass is 9.81. The Labute approximate surface area is 114 Å². The lowest BCUT2D eigenvalue weighted by Gasteiger charge is -2.45. The molecule has 108 valence electrons. The van der Waals surface area contributed by atoms with E-state index in [9.17, 15) is 4.79 Å². The highest BCUT2D eigenvalue weighted by Gasteiger charge is 2.72. The molecule has 0 N–H and O–H groups in total. The first-order chi connectivity index (χ1) is 9.12. The second kappa shape index (κ2) is 4.55. The quantitative estimate of drug-likeness (QED) is 0.582. The summed E-state index contributed by atoms with van der Waals surface area (Å²) in [5.74, 6) is 0.882. The third kappa shape index (κ3) is 1.66. The second-order valence-electron chi connectivity index (χ2n) is 5.89. The van der Waals surface area contributed by atoms with E-state index in [0.717, 1.165) is 19.3 Å². The van der Waals surface area contributed by atoms with Crippen LogP contribution in [-0.4, -0.2) is 41.7 Å². The molecule has 0 aromatic heterocycles. The smallest absolute Gasteiger partial charge is 0.458 e. The van der Waals surface area contributed by atoms with Crippen LogP contribution in [0.5, 0.6) is 0 Å². The maximum atomic E-state index is 11.7. The first-order valence-electron chi connectivity index (χ1n) is 6.99. The minimum absolute atomic E-state index is 0.0799. The average molecular weight is 286 g/mol. The largest absolute Gasteiger partial charge is 0.507 e. The van der Waals surface area contributed by atoms with Crippen LogP contribution in [0.4, 0.5) is 0 Å². The van der Waals surface area contributed by atoms with E-state index in [0.29, 0.717) is 18.3 Å². The number of carbonyl (C=O) groups is 1. The maximum absolute atomic E-state index is 11.7. The molecule has 0 amide bonds. The minimum atomic E-state index is -2.78. The Balaban J connectivity index is 2.00. The molecular weight excluding hydrogens is 264 g/mol. The van der Waals surface area contributed by atoms with Gasteiger partial charge >= 0.3 is 14.8 Å². The monoisotopic (exact) mass is 286 g/mol. The van der Waals surface area contributed by atoms with E-state index in [1.165, 1.54) is 6.42 Å². The molecule has 0 radical (unpaired) electrons. The molecule has 3 rings (SSSR count). The summed E-state index contributed by atoms with van der Waals surface area (Å²) in [5, 5.41) is 0. The molecule has 5 nitrogen and oxygen atoms in total.